The van der Waals surface area contributed by atoms with Crippen molar-refractivity contribution in [1.29, 1.82) is 0 Å². The molecule has 1 saturated heterocycles. The third-order valence-electron chi connectivity index (χ3n) is 3.30. The lowest BCUT2D eigenvalue weighted by Gasteiger charge is -2.31. The molecule has 1 heterocycles. The van der Waals surface area contributed by atoms with E-state index in [2.05, 4.69) is 20.7 Å². The second kappa shape index (κ2) is 7.60. The maximum Gasteiger partial charge on any atom is 0.337 e. The number of carbonyl (C=O) groups is 2. The van der Waals surface area contributed by atoms with Gasteiger partial charge in [-0.15, -0.1) is 0 Å². The van der Waals surface area contributed by atoms with E-state index in [1.165, 1.54) is 7.11 Å². The van der Waals surface area contributed by atoms with E-state index >= 15 is 0 Å². The summed E-state index contributed by atoms with van der Waals surface area (Å²) in [6.45, 7) is 3.58. The standard InChI is InChI=1S/C15H18BrNO5/c1-10-8-17(5-6-21-10)14(18)9-22-13-4-3-11(7-12(13)16)15(19)20-2/h3-4,7,10H,5-6,8-9H2,1-2H3. The third-order valence-corrected chi connectivity index (χ3v) is 3.92. The molecule has 0 saturated carbocycles. The Kier molecular flexibility index (Phi) is 5.79. The molecule has 0 spiro atoms. The molecule has 2 rings (SSSR count). The summed E-state index contributed by atoms with van der Waals surface area (Å²) >= 11 is 3.32. The summed E-state index contributed by atoms with van der Waals surface area (Å²) in [5, 5.41) is 0. The van der Waals surface area contributed by atoms with Gasteiger partial charge < -0.3 is 19.1 Å². The van der Waals surface area contributed by atoms with E-state index in [1.54, 1.807) is 23.1 Å². The fourth-order valence-corrected chi connectivity index (χ4v) is 2.63. The first-order chi connectivity index (χ1) is 10.5. The highest BCUT2D eigenvalue weighted by Gasteiger charge is 2.21. The molecular weight excluding hydrogens is 354 g/mol. The minimum Gasteiger partial charge on any atom is -0.483 e. The number of hydrogen-bond acceptors (Lipinski definition) is 5. The molecule has 1 fully saturated rings. The molecule has 7 heteroatoms. The number of nitrogens with zero attached hydrogens (tertiary/aromatic N) is 1. The van der Waals surface area contributed by atoms with Gasteiger partial charge in [-0.3, -0.25) is 4.79 Å². The van der Waals surface area contributed by atoms with Gasteiger partial charge in [0.25, 0.3) is 5.91 Å². The van der Waals surface area contributed by atoms with Crippen LogP contribution in [-0.4, -0.2) is 56.3 Å². The Hall–Kier alpha value is -1.60. The Labute approximate surface area is 137 Å². The van der Waals surface area contributed by atoms with Gasteiger partial charge in [0, 0.05) is 13.1 Å². The lowest BCUT2D eigenvalue weighted by atomic mass is 10.2. The van der Waals surface area contributed by atoms with Gasteiger partial charge in [0.15, 0.2) is 6.61 Å². The van der Waals surface area contributed by atoms with Crippen LogP contribution in [0.4, 0.5) is 0 Å². The number of morpholine rings is 1. The summed E-state index contributed by atoms with van der Waals surface area (Å²) in [5.41, 5.74) is 0.412. The van der Waals surface area contributed by atoms with Crippen molar-refractivity contribution in [3.05, 3.63) is 28.2 Å². The van der Waals surface area contributed by atoms with E-state index in [4.69, 9.17) is 9.47 Å². The predicted molar refractivity (Wildman–Crippen MR) is 83.0 cm³/mol. The highest BCUT2D eigenvalue weighted by Crippen LogP contribution is 2.26. The van der Waals surface area contributed by atoms with Crippen LogP contribution >= 0.6 is 15.9 Å². The number of halogens is 1. The Bertz CT molecular complexity index is 563. The highest BCUT2D eigenvalue weighted by atomic mass is 79.9. The first-order valence-corrected chi connectivity index (χ1v) is 7.70. The van der Waals surface area contributed by atoms with Gasteiger partial charge in [-0.2, -0.15) is 0 Å². The molecule has 1 unspecified atom stereocenters. The van der Waals surface area contributed by atoms with Gasteiger partial charge >= 0.3 is 5.97 Å². The van der Waals surface area contributed by atoms with Crippen LogP contribution in [0.1, 0.15) is 17.3 Å². The lowest BCUT2D eigenvalue weighted by molar-refractivity contribution is -0.140. The fourth-order valence-electron chi connectivity index (χ4n) is 2.14. The highest BCUT2D eigenvalue weighted by molar-refractivity contribution is 9.10. The molecule has 1 aromatic rings. The van der Waals surface area contributed by atoms with E-state index < -0.39 is 5.97 Å². The zero-order valence-electron chi connectivity index (χ0n) is 12.5. The molecule has 1 aliphatic heterocycles. The maximum atomic E-state index is 12.1. The molecule has 0 bridgehead atoms. The smallest absolute Gasteiger partial charge is 0.337 e. The first kappa shape index (κ1) is 16.8. The van der Waals surface area contributed by atoms with Crippen molar-refractivity contribution in [2.75, 3.05) is 33.4 Å². The van der Waals surface area contributed by atoms with Crippen LogP contribution < -0.4 is 4.74 Å². The first-order valence-electron chi connectivity index (χ1n) is 6.91. The number of benzene rings is 1. The topological polar surface area (TPSA) is 65.1 Å². The molecule has 1 amide bonds. The molecule has 0 aromatic heterocycles. The lowest BCUT2D eigenvalue weighted by Crippen LogP contribution is -2.46. The average molecular weight is 372 g/mol. The van der Waals surface area contributed by atoms with Crippen LogP contribution in [0.3, 0.4) is 0 Å². The number of hydrogen-bond donors (Lipinski definition) is 0. The van der Waals surface area contributed by atoms with Crippen LogP contribution in [0.2, 0.25) is 0 Å². The molecule has 120 valence electrons. The predicted octanol–water partition coefficient (Wildman–Crippen LogP) is 1.86. The molecule has 0 N–H and O–H groups in total. The van der Waals surface area contributed by atoms with Crippen LogP contribution in [-0.2, 0) is 14.3 Å². The van der Waals surface area contributed by atoms with Crippen LogP contribution in [0, 0.1) is 0 Å². The summed E-state index contributed by atoms with van der Waals surface area (Å²) in [6, 6.07) is 4.82. The van der Waals surface area contributed by atoms with Crippen molar-refractivity contribution in [2.24, 2.45) is 0 Å². The van der Waals surface area contributed by atoms with Crippen molar-refractivity contribution < 1.29 is 23.8 Å². The van der Waals surface area contributed by atoms with E-state index in [-0.39, 0.29) is 18.6 Å². The minimum atomic E-state index is -0.425. The van der Waals surface area contributed by atoms with E-state index in [0.29, 0.717) is 35.5 Å². The van der Waals surface area contributed by atoms with Crippen molar-refractivity contribution in [3.8, 4) is 5.75 Å². The van der Waals surface area contributed by atoms with E-state index in [9.17, 15) is 9.59 Å². The number of carbonyl (C=O) groups excluding carboxylic acids is 2. The second-order valence-corrected chi connectivity index (χ2v) is 5.80. The number of ether oxygens (including phenoxy) is 3. The number of esters is 1. The number of methoxy groups -OCH3 is 1. The van der Waals surface area contributed by atoms with Gasteiger partial charge in [0.2, 0.25) is 0 Å². The summed E-state index contributed by atoms with van der Waals surface area (Å²) in [7, 11) is 1.32. The molecule has 1 aromatic carbocycles. The third kappa shape index (κ3) is 4.20. The minimum absolute atomic E-state index is 0.0452. The fraction of sp³-hybridized carbons (Fsp3) is 0.467. The quantitative estimate of drug-likeness (QED) is 0.755. The van der Waals surface area contributed by atoms with E-state index in [1.807, 2.05) is 6.92 Å². The van der Waals surface area contributed by atoms with Gasteiger partial charge in [0.05, 0.1) is 29.9 Å². The molecular formula is C15H18BrNO5. The van der Waals surface area contributed by atoms with Gasteiger partial charge in [-0.05, 0) is 41.1 Å². The van der Waals surface area contributed by atoms with Gasteiger partial charge in [0.1, 0.15) is 5.75 Å². The summed E-state index contributed by atoms with van der Waals surface area (Å²) in [5.74, 6) is -0.00737. The Balaban J connectivity index is 1.93. The van der Waals surface area contributed by atoms with Crippen molar-refractivity contribution in [3.63, 3.8) is 0 Å². The van der Waals surface area contributed by atoms with Gasteiger partial charge in [-0.25, -0.2) is 4.79 Å². The SMILES string of the molecule is COC(=O)c1ccc(OCC(=O)N2CCOC(C)C2)c(Br)c1. The molecule has 1 atom stereocenters. The average Bonchev–Trinajstić information content (AvgIpc) is 2.52. The molecule has 1 aliphatic rings. The van der Waals surface area contributed by atoms with Crippen molar-refractivity contribution >= 4 is 27.8 Å². The second-order valence-electron chi connectivity index (χ2n) is 4.95. The number of amides is 1. The summed E-state index contributed by atoms with van der Waals surface area (Å²) in [4.78, 5) is 25.3. The Morgan fingerprint density at radius 1 is 1.45 bits per heavy atom. The maximum absolute atomic E-state index is 12.1. The van der Waals surface area contributed by atoms with Crippen molar-refractivity contribution in [2.45, 2.75) is 13.0 Å². The Morgan fingerprint density at radius 2 is 2.23 bits per heavy atom. The largest absolute Gasteiger partial charge is 0.483 e. The molecule has 6 nitrogen and oxygen atoms in total. The summed E-state index contributed by atoms with van der Waals surface area (Å²) in [6.07, 6.45) is 0.0452. The normalized spacial score (nSPS) is 18.0. The molecule has 22 heavy (non-hydrogen) atoms. The van der Waals surface area contributed by atoms with Crippen LogP contribution in [0.25, 0.3) is 0 Å². The van der Waals surface area contributed by atoms with Gasteiger partial charge in [-0.1, -0.05) is 0 Å². The van der Waals surface area contributed by atoms with E-state index in [0.717, 1.165) is 0 Å². The Morgan fingerprint density at radius 3 is 2.86 bits per heavy atom. The molecule has 0 aliphatic carbocycles. The zero-order valence-corrected chi connectivity index (χ0v) is 14.1. The monoisotopic (exact) mass is 371 g/mol. The van der Waals surface area contributed by atoms with Crippen LogP contribution in [0.5, 0.6) is 5.75 Å². The van der Waals surface area contributed by atoms with Crippen molar-refractivity contribution in [1.82, 2.24) is 4.90 Å². The summed E-state index contributed by atoms with van der Waals surface area (Å²) < 4.78 is 16.2. The van der Waals surface area contributed by atoms with Crippen LogP contribution in [0.15, 0.2) is 22.7 Å². The number of rotatable bonds is 4. The molecule has 0 radical (unpaired) electrons. The zero-order chi connectivity index (χ0) is 16.1.